The highest BCUT2D eigenvalue weighted by Crippen LogP contribution is 2.34. The summed E-state index contributed by atoms with van der Waals surface area (Å²) in [5.74, 6) is 1.45. The van der Waals surface area contributed by atoms with Crippen molar-refractivity contribution in [1.29, 1.82) is 0 Å². The molecular weight excluding hydrogens is 629 g/mol. The van der Waals surface area contributed by atoms with Crippen molar-refractivity contribution in [2.75, 3.05) is 47.6 Å². The van der Waals surface area contributed by atoms with Gasteiger partial charge in [0.05, 0.1) is 12.0 Å². The molecule has 12 heteroatoms. The Bertz CT molecular complexity index is 1620. The zero-order valence-corrected chi connectivity index (χ0v) is 29.9. The van der Waals surface area contributed by atoms with E-state index in [9.17, 15) is 9.90 Å². The van der Waals surface area contributed by atoms with Crippen molar-refractivity contribution in [2.24, 2.45) is 0 Å². The summed E-state index contributed by atoms with van der Waals surface area (Å²) in [6.07, 6.45) is 1.03. The molecule has 1 aromatic heterocycles. The van der Waals surface area contributed by atoms with Gasteiger partial charge in [-0.1, -0.05) is 47.5 Å². The topological polar surface area (TPSA) is 134 Å². The summed E-state index contributed by atoms with van der Waals surface area (Å²) in [5.41, 5.74) is 6.61. The summed E-state index contributed by atoms with van der Waals surface area (Å²) in [6, 6.07) is 17.9. The van der Waals surface area contributed by atoms with Crippen molar-refractivity contribution in [3.05, 3.63) is 76.9 Å². The first-order chi connectivity index (χ1) is 23.1. The SMILES string of the molecule is CO[Si](CCCNCCC(=O)OCCOc1ccc(-c2nc(-c3ccc(C)cc3C)nc(-c3ccc(C)cc3C)n2)c(O)c1)(OC)OC. The molecule has 1 heterocycles. The number of phenols is 1. The van der Waals surface area contributed by atoms with Crippen LogP contribution in [0.2, 0.25) is 6.04 Å². The number of aromatic hydroxyl groups is 1. The summed E-state index contributed by atoms with van der Waals surface area (Å²) in [5, 5.41) is 14.3. The molecule has 0 radical (unpaired) electrons. The molecule has 0 spiro atoms. The molecule has 0 aliphatic rings. The van der Waals surface area contributed by atoms with Crippen LogP contribution >= 0.6 is 0 Å². The third kappa shape index (κ3) is 9.67. The van der Waals surface area contributed by atoms with Gasteiger partial charge < -0.3 is 33.2 Å². The third-order valence-electron chi connectivity index (χ3n) is 7.98. The summed E-state index contributed by atoms with van der Waals surface area (Å²) in [7, 11) is 2.19. The summed E-state index contributed by atoms with van der Waals surface area (Å²) >= 11 is 0. The average Bonchev–Trinajstić information content (AvgIpc) is 3.06. The van der Waals surface area contributed by atoms with E-state index in [0.29, 0.717) is 47.9 Å². The highest BCUT2D eigenvalue weighted by Gasteiger charge is 2.36. The average molecular weight is 675 g/mol. The van der Waals surface area contributed by atoms with Crippen LogP contribution in [0.4, 0.5) is 0 Å². The van der Waals surface area contributed by atoms with Crippen molar-refractivity contribution in [2.45, 2.75) is 46.6 Å². The van der Waals surface area contributed by atoms with E-state index in [1.54, 1.807) is 33.5 Å². The first-order valence-electron chi connectivity index (χ1n) is 16.0. The van der Waals surface area contributed by atoms with Gasteiger partial charge in [0.25, 0.3) is 0 Å². The maximum absolute atomic E-state index is 12.1. The number of ether oxygens (including phenoxy) is 2. The number of aryl methyl sites for hydroxylation is 4. The Kier molecular flexibility index (Phi) is 13.2. The van der Waals surface area contributed by atoms with Crippen molar-refractivity contribution < 1.29 is 32.7 Å². The molecule has 0 unspecified atom stereocenters. The minimum absolute atomic E-state index is 0.0404. The van der Waals surface area contributed by atoms with E-state index in [2.05, 4.69) is 17.4 Å². The van der Waals surface area contributed by atoms with Crippen LogP contribution < -0.4 is 10.1 Å². The first-order valence-corrected chi connectivity index (χ1v) is 17.9. The molecule has 0 aliphatic carbocycles. The van der Waals surface area contributed by atoms with Crippen LogP contribution in [-0.2, 0) is 22.8 Å². The molecule has 0 amide bonds. The lowest BCUT2D eigenvalue weighted by molar-refractivity contribution is -0.144. The molecule has 11 nitrogen and oxygen atoms in total. The fraction of sp³-hybridized carbons (Fsp3) is 0.389. The van der Waals surface area contributed by atoms with E-state index in [-0.39, 0.29) is 31.4 Å². The largest absolute Gasteiger partial charge is 0.507 e. The second-order valence-electron chi connectivity index (χ2n) is 11.6. The van der Waals surface area contributed by atoms with Gasteiger partial charge in [-0.15, -0.1) is 0 Å². The predicted octanol–water partition coefficient (Wildman–Crippen LogP) is 5.98. The molecule has 4 aromatic rings. The summed E-state index contributed by atoms with van der Waals surface area (Å²) in [4.78, 5) is 26.6. The molecule has 0 aliphatic heterocycles. The van der Waals surface area contributed by atoms with E-state index < -0.39 is 8.80 Å². The second-order valence-corrected chi connectivity index (χ2v) is 14.7. The first kappa shape index (κ1) is 36.6. The summed E-state index contributed by atoms with van der Waals surface area (Å²) < 4.78 is 27.3. The fourth-order valence-electron chi connectivity index (χ4n) is 5.35. The van der Waals surface area contributed by atoms with Gasteiger partial charge in [-0.3, -0.25) is 4.79 Å². The number of benzene rings is 3. The number of phenolic OH excluding ortho intramolecular Hbond substituents is 1. The van der Waals surface area contributed by atoms with Gasteiger partial charge in [0.2, 0.25) is 0 Å². The van der Waals surface area contributed by atoms with Gasteiger partial charge in [-0.25, -0.2) is 15.0 Å². The molecule has 0 saturated carbocycles. The molecular formula is C36H46N4O7Si. The number of carbonyl (C=O) groups is 1. The van der Waals surface area contributed by atoms with Gasteiger partial charge in [0.1, 0.15) is 24.7 Å². The van der Waals surface area contributed by atoms with Gasteiger partial charge in [0.15, 0.2) is 17.5 Å². The van der Waals surface area contributed by atoms with E-state index in [1.165, 1.54) is 6.07 Å². The van der Waals surface area contributed by atoms with Crippen LogP contribution in [0.5, 0.6) is 11.5 Å². The Labute approximate surface area is 284 Å². The van der Waals surface area contributed by atoms with E-state index in [0.717, 1.165) is 39.8 Å². The molecule has 48 heavy (non-hydrogen) atoms. The van der Waals surface area contributed by atoms with Crippen molar-refractivity contribution in [1.82, 2.24) is 20.3 Å². The highest BCUT2D eigenvalue weighted by atomic mass is 28.4. The molecule has 0 bridgehead atoms. The number of carbonyl (C=O) groups excluding carboxylic acids is 1. The smallest absolute Gasteiger partial charge is 0.500 e. The van der Waals surface area contributed by atoms with Gasteiger partial charge in [0, 0.05) is 51.1 Å². The lowest BCUT2D eigenvalue weighted by Gasteiger charge is -2.24. The number of hydrogen-bond acceptors (Lipinski definition) is 11. The molecule has 3 aromatic carbocycles. The fourth-order valence-corrected chi connectivity index (χ4v) is 7.07. The van der Waals surface area contributed by atoms with E-state index in [1.807, 2.05) is 52.0 Å². The van der Waals surface area contributed by atoms with E-state index in [4.69, 9.17) is 37.7 Å². The Morgan fingerprint density at radius 1 is 0.729 bits per heavy atom. The number of esters is 1. The Morgan fingerprint density at radius 2 is 1.27 bits per heavy atom. The quantitative estimate of drug-likeness (QED) is 0.0778. The normalized spacial score (nSPS) is 11.5. The lowest BCUT2D eigenvalue weighted by Crippen LogP contribution is -2.43. The molecule has 4 rings (SSSR count). The lowest BCUT2D eigenvalue weighted by atomic mass is 10.0. The predicted molar refractivity (Wildman–Crippen MR) is 187 cm³/mol. The maximum atomic E-state index is 12.1. The Balaban J connectivity index is 1.36. The van der Waals surface area contributed by atoms with Crippen molar-refractivity contribution in [3.63, 3.8) is 0 Å². The Hall–Kier alpha value is -4.20. The van der Waals surface area contributed by atoms with Gasteiger partial charge >= 0.3 is 14.8 Å². The zero-order valence-electron chi connectivity index (χ0n) is 28.9. The minimum atomic E-state index is -2.58. The van der Waals surface area contributed by atoms with Crippen LogP contribution in [0, 0.1) is 27.7 Å². The Morgan fingerprint density at radius 3 is 1.79 bits per heavy atom. The second kappa shape index (κ2) is 17.3. The highest BCUT2D eigenvalue weighted by molar-refractivity contribution is 6.60. The van der Waals surface area contributed by atoms with Crippen molar-refractivity contribution >= 4 is 14.8 Å². The summed E-state index contributed by atoms with van der Waals surface area (Å²) in [6.45, 7) is 9.56. The number of rotatable bonds is 17. The zero-order chi connectivity index (χ0) is 34.7. The number of nitrogens with one attached hydrogen (secondary N) is 1. The maximum Gasteiger partial charge on any atom is 0.500 e. The van der Waals surface area contributed by atoms with Gasteiger partial charge in [-0.2, -0.15) is 0 Å². The molecule has 0 saturated heterocycles. The number of nitrogens with zero attached hydrogens (tertiary/aromatic N) is 3. The number of hydrogen-bond donors (Lipinski definition) is 2. The molecule has 256 valence electrons. The van der Waals surface area contributed by atoms with Crippen LogP contribution in [0.25, 0.3) is 34.2 Å². The van der Waals surface area contributed by atoms with E-state index >= 15 is 0 Å². The number of aromatic nitrogens is 3. The van der Waals surface area contributed by atoms with Crippen molar-refractivity contribution in [3.8, 4) is 45.7 Å². The van der Waals surface area contributed by atoms with Gasteiger partial charge in [-0.05, 0) is 63.9 Å². The van der Waals surface area contributed by atoms with Crippen LogP contribution in [0.1, 0.15) is 35.1 Å². The molecule has 2 N–H and O–H groups in total. The third-order valence-corrected chi connectivity index (χ3v) is 10.8. The molecule has 0 fully saturated rings. The van der Waals surface area contributed by atoms with Crippen LogP contribution in [0.3, 0.4) is 0 Å². The standard InChI is InChI=1S/C36H46N4O7Si/c1-24-9-12-29(26(3)21-24)34-38-35(30-13-10-25(2)22-27(30)4)40-36(39-34)31-14-11-28(23-32(31)41)46-18-19-47-33(42)15-17-37-16-8-20-48(43-5,44-6)45-7/h9-14,21-23,37,41H,8,15-20H2,1-7H3. The monoisotopic (exact) mass is 674 g/mol. The van der Waals surface area contributed by atoms with Crippen LogP contribution in [-0.4, -0.2) is 82.5 Å². The molecule has 0 atom stereocenters. The minimum Gasteiger partial charge on any atom is -0.507 e. The van der Waals surface area contributed by atoms with Crippen LogP contribution in [0.15, 0.2) is 54.6 Å².